The topological polar surface area (TPSA) is 71.3 Å². The van der Waals surface area contributed by atoms with Crippen molar-refractivity contribution in [3.63, 3.8) is 0 Å². The first-order chi connectivity index (χ1) is 11.1. The molecule has 6 nitrogen and oxygen atoms in total. The number of nitrogens with one attached hydrogen (secondary N) is 1. The number of aryl methyl sites for hydroxylation is 2. The Labute approximate surface area is 135 Å². The van der Waals surface area contributed by atoms with Crippen molar-refractivity contribution in [2.24, 2.45) is 0 Å². The van der Waals surface area contributed by atoms with E-state index >= 15 is 0 Å². The van der Waals surface area contributed by atoms with Crippen molar-refractivity contribution in [2.75, 3.05) is 13.1 Å². The van der Waals surface area contributed by atoms with E-state index in [1.165, 1.54) is 5.56 Å². The molecule has 0 spiro atoms. The monoisotopic (exact) mass is 314 g/mol. The molecule has 3 rings (SSSR count). The number of nitrogens with zero attached hydrogens (tertiary/aromatic N) is 3. The number of aromatic nitrogens is 2. The van der Waals surface area contributed by atoms with Crippen molar-refractivity contribution in [2.45, 2.75) is 39.3 Å². The Balaban J connectivity index is 1.50. The van der Waals surface area contributed by atoms with Crippen molar-refractivity contribution >= 4 is 5.91 Å². The number of pyridine rings is 1. The standard InChI is InChI=1S/C17H22N4O2/c1-12-16(13(2)23-20-12)11-21-9-5-15(6-10-21)19-17(22)14-3-7-18-8-4-14/h3-4,7-8,15H,5-6,9-11H2,1-2H3,(H,19,22). The zero-order valence-corrected chi connectivity index (χ0v) is 13.6. The molecule has 3 heterocycles. The second kappa shape index (κ2) is 6.91. The van der Waals surface area contributed by atoms with E-state index in [9.17, 15) is 4.79 Å². The number of rotatable bonds is 4. The van der Waals surface area contributed by atoms with Crippen LogP contribution in [0.4, 0.5) is 0 Å². The van der Waals surface area contributed by atoms with Gasteiger partial charge in [-0.2, -0.15) is 0 Å². The summed E-state index contributed by atoms with van der Waals surface area (Å²) in [5.74, 6) is 0.882. The normalized spacial score (nSPS) is 16.4. The third kappa shape index (κ3) is 3.76. The van der Waals surface area contributed by atoms with E-state index < -0.39 is 0 Å². The van der Waals surface area contributed by atoms with Gasteiger partial charge in [0.15, 0.2) is 0 Å². The van der Waals surface area contributed by atoms with Crippen LogP contribution in [-0.2, 0) is 6.54 Å². The van der Waals surface area contributed by atoms with Gasteiger partial charge in [0, 0.05) is 49.2 Å². The molecule has 0 radical (unpaired) electrons. The smallest absolute Gasteiger partial charge is 0.251 e. The van der Waals surface area contributed by atoms with Crippen LogP contribution in [0.2, 0.25) is 0 Å². The fraction of sp³-hybridized carbons (Fsp3) is 0.471. The van der Waals surface area contributed by atoms with Gasteiger partial charge in [-0.25, -0.2) is 0 Å². The highest BCUT2D eigenvalue weighted by molar-refractivity contribution is 5.94. The zero-order valence-electron chi connectivity index (χ0n) is 13.6. The summed E-state index contributed by atoms with van der Waals surface area (Å²) in [5.41, 5.74) is 2.82. The molecule has 1 amide bonds. The Hall–Kier alpha value is -2.21. The van der Waals surface area contributed by atoms with Crippen molar-refractivity contribution in [1.82, 2.24) is 20.4 Å². The molecule has 122 valence electrons. The van der Waals surface area contributed by atoms with E-state index in [4.69, 9.17) is 4.52 Å². The quantitative estimate of drug-likeness (QED) is 0.935. The summed E-state index contributed by atoms with van der Waals surface area (Å²) in [6.07, 6.45) is 5.20. The lowest BCUT2D eigenvalue weighted by Crippen LogP contribution is -2.44. The predicted molar refractivity (Wildman–Crippen MR) is 86.0 cm³/mol. The average molecular weight is 314 g/mol. The Morgan fingerprint density at radius 1 is 1.30 bits per heavy atom. The number of likely N-dealkylation sites (tertiary alicyclic amines) is 1. The average Bonchev–Trinajstić information content (AvgIpc) is 2.89. The van der Waals surface area contributed by atoms with Gasteiger partial charge in [-0.05, 0) is 38.8 Å². The van der Waals surface area contributed by atoms with E-state index in [1.54, 1.807) is 24.5 Å². The summed E-state index contributed by atoms with van der Waals surface area (Å²) >= 11 is 0. The molecule has 2 aromatic heterocycles. The lowest BCUT2D eigenvalue weighted by atomic mass is 10.0. The minimum Gasteiger partial charge on any atom is -0.361 e. The van der Waals surface area contributed by atoms with Crippen LogP contribution < -0.4 is 5.32 Å². The van der Waals surface area contributed by atoms with Crippen LogP contribution >= 0.6 is 0 Å². The Bertz CT molecular complexity index is 641. The minimum absolute atomic E-state index is 0.0171. The van der Waals surface area contributed by atoms with Gasteiger partial charge in [0.05, 0.1) is 5.69 Å². The number of hydrogen-bond acceptors (Lipinski definition) is 5. The van der Waals surface area contributed by atoms with E-state index in [0.717, 1.165) is 43.9 Å². The van der Waals surface area contributed by atoms with Crippen LogP contribution in [0, 0.1) is 13.8 Å². The van der Waals surface area contributed by atoms with E-state index in [1.807, 2.05) is 13.8 Å². The maximum atomic E-state index is 12.2. The van der Waals surface area contributed by atoms with Gasteiger partial charge in [0.2, 0.25) is 0 Å². The van der Waals surface area contributed by atoms with Crippen LogP contribution in [-0.4, -0.2) is 40.1 Å². The second-order valence-electron chi connectivity index (χ2n) is 6.06. The molecule has 1 aliphatic rings. The largest absolute Gasteiger partial charge is 0.361 e. The van der Waals surface area contributed by atoms with Gasteiger partial charge in [0.25, 0.3) is 5.91 Å². The molecule has 2 aromatic rings. The van der Waals surface area contributed by atoms with Gasteiger partial charge in [-0.15, -0.1) is 0 Å². The number of carbonyl (C=O) groups is 1. The Kier molecular flexibility index (Phi) is 4.71. The maximum Gasteiger partial charge on any atom is 0.251 e. The van der Waals surface area contributed by atoms with Crippen LogP contribution in [0.3, 0.4) is 0 Å². The summed E-state index contributed by atoms with van der Waals surface area (Å²) in [7, 11) is 0. The number of piperidine rings is 1. The van der Waals surface area contributed by atoms with Crippen LogP contribution in [0.5, 0.6) is 0 Å². The summed E-state index contributed by atoms with van der Waals surface area (Å²) in [6, 6.07) is 3.71. The van der Waals surface area contributed by atoms with E-state index in [2.05, 4.69) is 20.4 Å². The van der Waals surface area contributed by atoms with Crippen LogP contribution in [0.15, 0.2) is 29.0 Å². The van der Waals surface area contributed by atoms with Gasteiger partial charge in [-0.1, -0.05) is 5.16 Å². The number of amides is 1. The molecule has 0 saturated carbocycles. The lowest BCUT2D eigenvalue weighted by Gasteiger charge is -2.32. The van der Waals surface area contributed by atoms with E-state index in [0.29, 0.717) is 5.56 Å². The van der Waals surface area contributed by atoms with Gasteiger partial charge in [-0.3, -0.25) is 14.7 Å². The minimum atomic E-state index is -0.0171. The molecule has 0 bridgehead atoms. The van der Waals surface area contributed by atoms with Crippen LogP contribution in [0.25, 0.3) is 0 Å². The molecule has 1 fully saturated rings. The molecule has 0 unspecified atom stereocenters. The molecule has 1 aliphatic heterocycles. The fourth-order valence-corrected chi connectivity index (χ4v) is 2.96. The summed E-state index contributed by atoms with van der Waals surface area (Å²) in [5, 5.41) is 7.12. The summed E-state index contributed by atoms with van der Waals surface area (Å²) < 4.78 is 5.22. The van der Waals surface area contributed by atoms with Crippen LogP contribution in [0.1, 0.15) is 40.2 Å². The number of carbonyl (C=O) groups excluding carboxylic acids is 1. The summed E-state index contributed by atoms with van der Waals surface area (Å²) in [4.78, 5) is 18.5. The molecule has 0 atom stereocenters. The molecule has 6 heteroatoms. The highest BCUT2D eigenvalue weighted by Gasteiger charge is 2.22. The first kappa shape index (κ1) is 15.7. The van der Waals surface area contributed by atoms with E-state index in [-0.39, 0.29) is 11.9 Å². The zero-order chi connectivity index (χ0) is 16.2. The van der Waals surface area contributed by atoms with Gasteiger partial charge < -0.3 is 9.84 Å². The Morgan fingerprint density at radius 2 is 2.00 bits per heavy atom. The van der Waals surface area contributed by atoms with Crippen molar-refractivity contribution in [1.29, 1.82) is 0 Å². The van der Waals surface area contributed by atoms with Crippen molar-refractivity contribution < 1.29 is 9.32 Å². The van der Waals surface area contributed by atoms with Gasteiger partial charge in [0.1, 0.15) is 5.76 Å². The molecule has 0 aliphatic carbocycles. The highest BCUT2D eigenvalue weighted by Crippen LogP contribution is 2.18. The third-order valence-corrected chi connectivity index (χ3v) is 4.43. The second-order valence-corrected chi connectivity index (χ2v) is 6.06. The molecule has 23 heavy (non-hydrogen) atoms. The maximum absolute atomic E-state index is 12.2. The first-order valence-corrected chi connectivity index (χ1v) is 7.98. The highest BCUT2D eigenvalue weighted by atomic mass is 16.5. The third-order valence-electron chi connectivity index (χ3n) is 4.43. The molecule has 0 aromatic carbocycles. The number of hydrogen-bond donors (Lipinski definition) is 1. The first-order valence-electron chi connectivity index (χ1n) is 7.98. The van der Waals surface area contributed by atoms with Crippen molar-refractivity contribution in [3.05, 3.63) is 47.1 Å². The Morgan fingerprint density at radius 3 is 2.61 bits per heavy atom. The molecule has 1 saturated heterocycles. The summed E-state index contributed by atoms with van der Waals surface area (Å²) in [6.45, 7) is 6.73. The van der Waals surface area contributed by atoms with Gasteiger partial charge >= 0.3 is 0 Å². The van der Waals surface area contributed by atoms with Crippen molar-refractivity contribution in [3.8, 4) is 0 Å². The fourth-order valence-electron chi connectivity index (χ4n) is 2.96. The molecule has 1 N–H and O–H groups in total. The molecular weight excluding hydrogens is 292 g/mol. The predicted octanol–water partition coefficient (Wildman–Crippen LogP) is 2.08. The molecular formula is C17H22N4O2. The SMILES string of the molecule is Cc1noc(C)c1CN1CCC(NC(=O)c2ccncc2)CC1. The lowest BCUT2D eigenvalue weighted by molar-refractivity contribution is 0.0908.